The lowest BCUT2D eigenvalue weighted by Gasteiger charge is -2.29. The molecule has 0 aliphatic carbocycles. The quantitative estimate of drug-likeness (QED) is 0.375. The third kappa shape index (κ3) is 6.48. The zero-order chi connectivity index (χ0) is 26.7. The number of esters is 2. The lowest BCUT2D eigenvalue weighted by Crippen LogP contribution is -2.34. The number of aromatic nitrogens is 4. The van der Waals surface area contributed by atoms with E-state index in [0.717, 1.165) is 22.9 Å². The number of fused-ring (bicyclic) bond motifs is 2. The van der Waals surface area contributed by atoms with Crippen molar-refractivity contribution < 1.29 is 37.0 Å². The number of halogens is 3. The van der Waals surface area contributed by atoms with Crippen molar-refractivity contribution >= 4 is 39.3 Å². The van der Waals surface area contributed by atoms with E-state index in [1.807, 2.05) is 17.9 Å². The minimum atomic E-state index is -4.52. The summed E-state index contributed by atoms with van der Waals surface area (Å²) in [5.41, 5.74) is -0.920. The summed E-state index contributed by atoms with van der Waals surface area (Å²) in [6, 6.07) is 2.04. The number of alkyl halides is 3. The molecule has 37 heavy (non-hydrogen) atoms. The van der Waals surface area contributed by atoms with Crippen LogP contribution < -0.4 is 9.64 Å². The summed E-state index contributed by atoms with van der Waals surface area (Å²) >= 11 is 1.48. The number of aryl methyl sites for hydroxylation is 1. The van der Waals surface area contributed by atoms with Crippen LogP contribution >= 0.6 is 11.3 Å². The lowest BCUT2D eigenvalue weighted by atomic mass is 10.2. The van der Waals surface area contributed by atoms with Crippen molar-refractivity contribution in [2.75, 3.05) is 31.3 Å². The van der Waals surface area contributed by atoms with E-state index in [-0.39, 0.29) is 32.4 Å². The van der Waals surface area contributed by atoms with Gasteiger partial charge < -0.3 is 23.7 Å². The standard InChI is InChI=1S/C23H26F3N5O5S/c1-4-16-7-17-20(31-6-5-30-8-18(23(24,25)26)27-19(30)9-31)28-22(29-21(17)37-16)36-12-15(10-34-13(2)32)11-35-14(3)33/h7-8,15H,4-6,9-12H2,1-3H3. The van der Waals surface area contributed by atoms with Crippen molar-refractivity contribution in [3.05, 3.63) is 28.7 Å². The normalized spacial score (nSPS) is 13.6. The minimum Gasteiger partial charge on any atom is -0.465 e. The summed E-state index contributed by atoms with van der Waals surface area (Å²) in [7, 11) is 0. The van der Waals surface area contributed by atoms with Crippen LogP contribution in [0.5, 0.6) is 6.01 Å². The first kappa shape index (κ1) is 26.6. The van der Waals surface area contributed by atoms with Crippen molar-refractivity contribution in [3.8, 4) is 6.01 Å². The number of anilines is 1. The Morgan fingerprint density at radius 1 is 1.08 bits per heavy atom. The highest BCUT2D eigenvalue weighted by molar-refractivity contribution is 7.18. The Bertz CT molecular complexity index is 1270. The molecule has 3 aromatic heterocycles. The highest BCUT2D eigenvalue weighted by Gasteiger charge is 2.36. The van der Waals surface area contributed by atoms with Gasteiger partial charge in [-0.2, -0.15) is 23.1 Å². The summed E-state index contributed by atoms with van der Waals surface area (Å²) in [5, 5.41) is 0.779. The molecule has 0 spiro atoms. The number of hydrogen-bond donors (Lipinski definition) is 0. The fourth-order valence-electron chi connectivity index (χ4n) is 3.79. The molecule has 0 fully saturated rings. The third-order valence-corrected chi connectivity index (χ3v) is 6.81. The van der Waals surface area contributed by atoms with Crippen LogP contribution in [0.3, 0.4) is 0 Å². The van der Waals surface area contributed by atoms with E-state index in [1.54, 1.807) is 0 Å². The molecular formula is C23H26F3N5O5S. The Hall–Kier alpha value is -3.42. The van der Waals surface area contributed by atoms with E-state index >= 15 is 0 Å². The highest BCUT2D eigenvalue weighted by Crippen LogP contribution is 2.35. The van der Waals surface area contributed by atoms with Gasteiger partial charge in [-0.3, -0.25) is 9.59 Å². The van der Waals surface area contributed by atoms with Gasteiger partial charge in [0.1, 0.15) is 36.3 Å². The van der Waals surface area contributed by atoms with E-state index in [2.05, 4.69) is 15.0 Å². The Morgan fingerprint density at radius 3 is 2.41 bits per heavy atom. The van der Waals surface area contributed by atoms with Crippen molar-refractivity contribution in [3.63, 3.8) is 0 Å². The Balaban J connectivity index is 1.59. The molecule has 1 aliphatic heterocycles. The van der Waals surface area contributed by atoms with Gasteiger partial charge >= 0.3 is 24.1 Å². The fraction of sp³-hybridized carbons (Fsp3) is 0.522. The minimum absolute atomic E-state index is 0.0108. The second-order valence-corrected chi connectivity index (χ2v) is 9.67. The molecule has 1 aliphatic rings. The zero-order valence-electron chi connectivity index (χ0n) is 20.5. The predicted octanol–water partition coefficient (Wildman–Crippen LogP) is 3.61. The molecule has 4 heterocycles. The van der Waals surface area contributed by atoms with E-state index < -0.39 is 29.7 Å². The maximum Gasteiger partial charge on any atom is 0.434 e. The van der Waals surface area contributed by atoms with Crippen LogP contribution in [0, 0.1) is 5.92 Å². The summed E-state index contributed by atoms with van der Waals surface area (Å²) in [6.45, 7) is 5.41. The molecule has 4 rings (SSSR count). The summed E-state index contributed by atoms with van der Waals surface area (Å²) in [5.74, 6) is -0.573. The van der Waals surface area contributed by atoms with Crippen LogP contribution in [0.15, 0.2) is 12.3 Å². The second-order valence-electron chi connectivity index (χ2n) is 8.55. The first-order chi connectivity index (χ1) is 17.5. The van der Waals surface area contributed by atoms with Gasteiger partial charge in [0.05, 0.1) is 17.8 Å². The van der Waals surface area contributed by atoms with E-state index in [4.69, 9.17) is 14.2 Å². The number of rotatable bonds is 9. The molecule has 0 aromatic carbocycles. The average Bonchev–Trinajstić information content (AvgIpc) is 3.46. The molecule has 0 N–H and O–H groups in total. The SMILES string of the molecule is CCc1cc2c(N3CCn4cc(C(F)(F)F)nc4C3)nc(OCC(COC(C)=O)COC(C)=O)nc2s1. The highest BCUT2D eigenvalue weighted by atomic mass is 32.1. The molecule has 0 saturated heterocycles. The van der Waals surface area contributed by atoms with Gasteiger partial charge in [0.15, 0.2) is 5.69 Å². The van der Waals surface area contributed by atoms with Gasteiger partial charge in [0.25, 0.3) is 0 Å². The molecule has 14 heteroatoms. The number of thiophene rings is 1. The molecule has 0 unspecified atom stereocenters. The smallest absolute Gasteiger partial charge is 0.434 e. The summed E-state index contributed by atoms with van der Waals surface area (Å²) < 4.78 is 56.9. The average molecular weight is 542 g/mol. The van der Waals surface area contributed by atoms with Gasteiger partial charge in [0.2, 0.25) is 0 Å². The maximum atomic E-state index is 13.2. The number of carbonyl (C=O) groups excluding carboxylic acids is 2. The topological polar surface area (TPSA) is 109 Å². The number of ether oxygens (including phenoxy) is 3. The summed E-state index contributed by atoms with van der Waals surface area (Å²) in [4.78, 5) is 39.0. The predicted molar refractivity (Wildman–Crippen MR) is 127 cm³/mol. The molecule has 10 nitrogen and oxygen atoms in total. The number of imidazole rings is 1. The Kier molecular flexibility index (Phi) is 7.85. The number of hydrogen-bond acceptors (Lipinski definition) is 10. The molecular weight excluding hydrogens is 515 g/mol. The van der Waals surface area contributed by atoms with Crippen LogP contribution in [0.4, 0.5) is 19.0 Å². The van der Waals surface area contributed by atoms with Gasteiger partial charge in [0, 0.05) is 38.0 Å². The van der Waals surface area contributed by atoms with Crippen LogP contribution in [0.1, 0.15) is 37.2 Å². The van der Waals surface area contributed by atoms with Crippen LogP contribution in [-0.2, 0) is 44.7 Å². The van der Waals surface area contributed by atoms with Gasteiger partial charge in [-0.05, 0) is 12.5 Å². The fourth-order valence-corrected chi connectivity index (χ4v) is 4.75. The maximum absolute atomic E-state index is 13.2. The van der Waals surface area contributed by atoms with Crippen LogP contribution in [0.2, 0.25) is 0 Å². The molecule has 0 atom stereocenters. The molecule has 0 amide bonds. The van der Waals surface area contributed by atoms with E-state index in [0.29, 0.717) is 29.6 Å². The van der Waals surface area contributed by atoms with Gasteiger partial charge in [-0.25, -0.2) is 4.98 Å². The van der Waals surface area contributed by atoms with E-state index in [1.165, 1.54) is 29.8 Å². The van der Waals surface area contributed by atoms with Crippen LogP contribution in [0.25, 0.3) is 10.2 Å². The molecule has 0 bridgehead atoms. The lowest BCUT2D eigenvalue weighted by molar-refractivity contribution is -0.147. The molecule has 200 valence electrons. The second kappa shape index (κ2) is 10.9. The van der Waals surface area contributed by atoms with Crippen molar-refractivity contribution in [1.82, 2.24) is 19.5 Å². The van der Waals surface area contributed by atoms with Crippen molar-refractivity contribution in [2.45, 2.75) is 46.5 Å². The molecule has 0 radical (unpaired) electrons. The molecule has 0 saturated carbocycles. The first-order valence-corrected chi connectivity index (χ1v) is 12.4. The monoisotopic (exact) mass is 541 g/mol. The Morgan fingerprint density at radius 2 is 1.78 bits per heavy atom. The largest absolute Gasteiger partial charge is 0.465 e. The van der Waals surface area contributed by atoms with Crippen molar-refractivity contribution in [1.29, 1.82) is 0 Å². The first-order valence-electron chi connectivity index (χ1n) is 11.6. The van der Waals surface area contributed by atoms with Crippen molar-refractivity contribution in [2.24, 2.45) is 5.92 Å². The summed E-state index contributed by atoms with van der Waals surface area (Å²) in [6.07, 6.45) is -2.71. The molecule has 3 aromatic rings. The van der Waals surface area contributed by atoms with E-state index in [9.17, 15) is 22.8 Å². The third-order valence-electron chi connectivity index (χ3n) is 5.64. The number of carbonyl (C=O) groups is 2. The zero-order valence-corrected chi connectivity index (χ0v) is 21.3. The van der Waals surface area contributed by atoms with Gasteiger partial charge in [-0.1, -0.05) is 6.92 Å². The van der Waals surface area contributed by atoms with Crippen LogP contribution in [-0.4, -0.2) is 57.8 Å². The number of nitrogens with zero attached hydrogens (tertiary/aromatic N) is 5. The Labute approximate surface area is 214 Å². The van der Waals surface area contributed by atoms with Gasteiger partial charge in [-0.15, -0.1) is 11.3 Å².